The van der Waals surface area contributed by atoms with Crippen LogP contribution in [-0.4, -0.2) is 12.5 Å². The minimum atomic E-state index is -0.259. The molecule has 0 rings (SSSR count). The highest BCUT2D eigenvalue weighted by molar-refractivity contribution is 5.81. The lowest BCUT2D eigenvalue weighted by Crippen LogP contribution is -2.38. The van der Waals surface area contributed by atoms with E-state index in [-0.39, 0.29) is 11.3 Å². The first-order chi connectivity index (χ1) is 7.29. The Morgan fingerprint density at radius 1 is 1.44 bits per heavy atom. The molecule has 0 aliphatic rings. The van der Waals surface area contributed by atoms with E-state index in [0.717, 1.165) is 24.8 Å². The Bertz CT molecular complexity index is 243. The summed E-state index contributed by atoms with van der Waals surface area (Å²) in [5, 5.41) is 2.98. The van der Waals surface area contributed by atoms with Gasteiger partial charge in [0.2, 0.25) is 5.91 Å². The lowest BCUT2D eigenvalue weighted by Gasteiger charge is -2.26. The topological polar surface area (TPSA) is 29.1 Å². The van der Waals surface area contributed by atoms with Crippen LogP contribution in [0.5, 0.6) is 0 Å². The van der Waals surface area contributed by atoms with Gasteiger partial charge in [0, 0.05) is 12.0 Å². The minimum absolute atomic E-state index is 0.161. The van der Waals surface area contributed by atoms with Crippen LogP contribution in [0.25, 0.3) is 0 Å². The van der Waals surface area contributed by atoms with E-state index >= 15 is 0 Å². The van der Waals surface area contributed by atoms with Gasteiger partial charge in [0.15, 0.2) is 0 Å². The van der Waals surface area contributed by atoms with Gasteiger partial charge < -0.3 is 5.32 Å². The van der Waals surface area contributed by atoms with E-state index in [4.69, 9.17) is 0 Å². The van der Waals surface area contributed by atoms with Gasteiger partial charge in [0.05, 0.1) is 0 Å². The van der Waals surface area contributed by atoms with E-state index in [0.29, 0.717) is 12.5 Å². The summed E-state index contributed by atoms with van der Waals surface area (Å²) >= 11 is 0. The molecule has 0 aliphatic carbocycles. The zero-order valence-corrected chi connectivity index (χ0v) is 11.5. The molecule has 0 aromatic heterocycles. The second-order valence-electron chi connectivity index (χ2n) is 5.56. The summed E-state index contributed by atoms with van der Waals surface area (Å²) in [5.74, 6) is 0.760. The third-order valence-corrected chi connectivity index (χ3v) is 3.01. The van der Waals surface area contributed by atoms with Crippen LogP contribution in [0, 0.1) is 11.3 Å². The van der Waals surface area contributed by atoms with Gasteiger partial charge in [-0.15, -0.1) is 6.58 Å². The van der Waals surface area contributed by atoms with Gasteiger partial charge in [0.25, 0.3) is 0 Å². The predicted octanol–water partition coefficient (Wildman–Crippen LogP) is 3.53. The van der Waals surface area contributed by atoms with Crippen molar-refractivity contribution in [2.75, 3.05) is 6.54 Å². The smallest absolute Gasteiger partial charge is 0.225 e. The standard InChI is InChI=1S/C14H27NO/c1-7-12(4)10-14(5,6)13(16)15-9-8-11(2)3/h12H,2,7-10H2,1,3-6H3,(H,15,16). The Kier molecular flexibility index (Phi) is 6.39. The first-order valence-corrected chi connectivity index (χ1v) is 6.22. The van der Waals surface area contributed by atoms with Crippen LogP contribution in [0.4, 0.5) is 0 Å². The van der Waals surface area contributed by atoms with Gasteiger partial charge in [-0.05, 0) is 25.7 Å². The Morgan fingerprint density at radius 2 is 2.00 bits per heavy atom. The molecule has 0 spiro atoms. The van der Waals surface area contributed by atoms with Crippen LogP contribution < -0.4 is 5.32 Å². The molecular formula is C14H27NO. The van der Waals surface area contributed by atoms with Gasteiger partial charge in [-0.1, -0.05) is 39.7 Å². The largest absolute Gasteiger partial charge is 0.355 e. The Labute approximate surface area is 101 Å². The molecule has 1 atom stereocenters. The normalized spacial score (nSPS) is 13.3. The number of amides is 1. The molecule has 2 heteroatoms. The monoisotopic (exact) mass is 225 g/mol. The van der Waals surface area contributed by atoms with Crippen molar-refractivity contribution >= 4 is 5.91 Å². The van der Waals surface area contributed by atoms with E-state index in [2.05, 4.69) is 25.7 Å². The number of hydrogen-bond donors (Lipinski definition) is 1. The first-order valence-electron chi connectivity index (χ1n) is 6.22. The van der Waals surface area contributed by atoms with E-state index in [9.17, 15) is 4.79 Å². The molecule has 1 amide bonds. The number of carbonyl (C=O) groups is 1. The molecule has 0 saturated heterocycles. The first kappa shape index (κ1) is 15.2. The SMILES string of the molecule is C=C(C)CCNC(=O)C(C)(C)CC(C)CC. The molecule has 0 radical (unpaired) electrons. The maximum absolute atomic E-state index is 12.0. The summed E-state index contributed by atoms with van der Waals surface area (Å²) in [6.45, 7) is 14.9. The Balaban J connectivity index is 4.08. The van der Waals surface area contributed by atoms with Crippen molar-refractivity contribution in [1.29, 1.82) is 0 Å². The fourth-order valence-electron chi connectivity index (χ4n) is 1.74. The molecule has 94 valence electrons. The number of hydrogen-bond acceptors (Lipinski definition) is 1. The predicted molar refractivity (Wildman–Crippen MR) is 70.3 cm³/mol. The minimum Gasteiger partial charge on any atom is -0.355 e. The highest BCUT2D eigenvalue weighted by Crippen LogP contribution is 2.27. The van der Waals surface area contributed by atoms with Crippen LogP contribution in [-0.2, 0) is 4.79 Å². The third kappa shape index (κ3) is 5.94. The molecule has 2 nitrogen and oxygen atoms in total. The average molecular weight is 225 g/mol. The van der Waals surface area contributed by atoms with Gasteiger partial charge in [-0.2, -0.15) is 0 Å². The molecule has 16 heavy (non-hydrogen) atoms. The summed E-state index contributed by atoms with van der Waals surface area (Å²) < 4.78 is 0. The van der Waals surface area contributed by atoms with Crippen molar-refractivity contribution in [1.82, 2.24) is 5.32 Å². The summed E-state index contributed by atoms with van der Waals surface area (Å²) in [7, 11) is 0. The number of rotatable bonds is 7. The van der Waals surface area contributed by atoms with Crippen molar-refractivity contribution in [2.24, 2.45) is 11.3 Å². The fraction of sp³-hybridized carbons (Fsp3) is 0.786. The Morgan fingerprint density at radius 3 is 2.44 bits per heavy atom. The molecule has 0 bridgehead atoms. The lowest BCUT2D eigenvalue weighted by atomic mass is 9.81. The quantitative estimate of drug-likeness (QED) is 0.660. The van der Waals surface area contributed by atoms with E-state index in [1.807, 2.05) is 20.8 Å². The highest BCUT2D eigenvalue weighted by Gasteiger charge is 2.28. The van der Waals surface area contributed by atoms with Gasteiger partial charge in [-0.3, -0.25) is 4.79 Å². The van der Waals surface area contributed by atoms with Crippen LogP contribution in [0.2, 0.25) is 0 Å². The summed E-state index contributed by atoms with van der Waals surface area (Å²) in [6.07, 6.45) is 2.94. The molecule has 0 aromatic carbocycles. The molecule has 0 aliphatic heterocycles. The summed E-state index contributed by atoms with van der Waals surface area (Å²) in [4.78, 5) is 12.0. The molecule has 1 N–H and O–H groups in total. The lowest BCUT2D eigenvalue weighted by molar-refractivity contribution is -0.130. The summed E-state index contributed by atoms with van der Waals surface area (Å²) in [5.41, 5.74) is 0.852. The number of nitrogens with one attached hydrogen (secondary N) is 1. The molecular weight excluding hydrogens is 198 g/mol. The van der Waals surface area contributed by atoms with Crippen molar-refractivity contribution < 1.29 is 4.79 Å². The van der Waals surface area contributed by atoms with Crippen molar-refractivity contribution in [2.45, 2.75) is 53.9 Å². The maximum Gasteiger partial charge on any atom is 0.225 e. The van der Waals surface area contributed by atoms with Crippen LogP contribution in [0.3, 0.4) is 0 Å². The van der Waals surface area contributed by atoms with Gasteiger partial charge in [-0.25, -0.2) is 0 Å². The second-order valence-corrected chi connectivity index (χ2v) is 5.56. The van der Waals surface area contributed by atoms with E-state index in [1.165, 1.54) is 0 Å². The fourth-order valence-corrected chi connectivity index (χ4v) is 1.74. The van der Waals surface area contributed by atoms with Crippen LogP contribution >= 0.6 is 0 Å². The molecule has 0 saturated carbocycles. The summed E-state index contributed by atoms with van der Waals surface area (Å²) in [6, 6.07) is 0. The van der Waals surface area contributed by atoms with Crippen molar-refractivity contribution in [3.8, 4) is 0 Å². The third-order valence-electron chi connectivity index (χ3n) is 3.01. The van der Waals surface area contributed by atoms with E-state index < -0.39 is 0 Å². The zero-order chi connectivity index (χ0) is 12.8. The molecule has 0 heterocycles. The second kappa shape index (κ2) is 6.72. The van der Waals surface area contributed by atoms with Crippen molar-refractivity contribution in [3.05, 3.63) is 12.2 Å². The van der Waals surface area contributed by atoms with Crippen LogP contribution in [0.1, 0.15) is 53.9 Å². The molecule has 0 aromatic rings. The Hall–Kier alpha value is -0.790. The number of carbonyl (C=O) groups excluding carboxylic acids is 1. The maximum atomic E-state index is 12.0. The van der Waals surface area contributed by atoms with Crippen LogP contribution in [0.15, 0.2) is 12.2 Å². The van der Waals surface area contributed by atoms with Gasteiger partial charge in [0.1, 0.15) is 0 Å². The van der Waals surface area contributed by atoms with Crippen molar-refractivity contribution in [3.63, 3.8) is 0 Å². The molecule has 1 unspecified atom stereocenters. The zero-order valence-electron chi connectivity index (χ0n) is 11.5. The van der Waals surface area contributed by atoms with E-state index in [1.54, 1.807) is 0 Å². The average Bonchev–Trinajstić information content (AvgIpc) is 2.16. The highest BCUT2D eigenvalue weighted by atomic mass is 16.2. The molecule has 0 fully saturated rings. The van der Waals surface area contributed by atoms with Gasteiger partial charge >= 0.3 is 0 Å².